The molecule has 2 heterocycles. The van der Waals surface area contributed by atoms with Crippen LogP contribution in [0, 0.1) is 0 Å². The van der Waals surface area contributed by atoms with E-state index in [2.05, 4.69) is 20.7 Å². The van der Waals surface area contributed by atoms with Crippen LogP contribution in [0.4, 0.5) is 11.6 Å². The van der Waals surface area contributed by atoms with Crippen molar-refractivity contribution in [1.29, 1.82) is 0 Å². The Hall–Kier alpha value is -3.07. The number of aliphatic hydroxyl groups is 1. The summed E-state index contributed by atoms with van der Waals surface area (Å²) in [4.78, 5) is 18.0. The maximum atomic E-state index is 13.5. The van der Waals surface area contributed by atoms with Gasteiger partial charge in [-0.1, -0.05) is 29.3 Å². The third-order valence-electron chi connectivity index (χ3n) is 5.31. The summed E-state index contributed by atoms with van der Waals surface area (Å²) in [6.45, 7) is 1.86. The standard InChI is InChI=1S/C23H23Cl2N5O3/c1-13-20(22(32)27-15-6-8-16(33-2)9-7-15)21(14-5-10-17(24)18(25)12-14)30-23(26-13)28-19(29-30)4-3-11-31/h5-10,12,21,31H,3-4,11H2,1-2H3,(H,27,32)(H,26,28,29). The summed E-state index contributed by atoms with van der Waals surface area (Å²) in [5.74, 6) is 1.48. The number of anilines is 2. The van der Waals surface area contributed by atoms with Gasteiger partial charge in [-0.3, -0.25) is 4.79 Å². The maximum Gasteiger partial charge on any atom is 0.255 e. The van der Waals surface area contributed by atoms with Gasteiger partial charge in [-0.25, -0.2) is 4.68 Å². The zero-order chi connectivity index (χ0) is 23.5. The zero-order valence-electron chi connectivity index (χ0n) is 18.1. The van der Waals surface area contributed by atoms with Crippen LogP contribution in [0.1, 0.15) is 30.8 Å². The number of fused-ring (bicyclic) bond motifs is 1. The third kappa shape index (κ3) is 4.83. The van der Waals surface area contributed by atoms with Crippen LogP contribution < -0.4 is 15.4 Å². The number of amides is 1. The van der Waals surface area contributed by atoms with E-state index in [0.717, 1.165) is 5.56 Å². The lowest BCUT2D eigenvalue weighted by Gasteiger charge is -2.29. The fourth-order valence-electron chi connectivity index (χ4n) is 3.70. The van der Waals surface area contributed by atoms with Crippen LogP contribution in [-0.2, 0) is 11.2 Å². The molecule has 1 atom stereocenters. The van der Waals surface area contributed by atoms with Crippen LogP contribution in [0.2, 0.25) is 10.0 Å². The predicted octanol–water partition coefficient (Wildman–Crippen LogP) is 4.45. The number of methoxy groups -OCH3 is 1. The molecule has 33 heavy (non-hydrogen) atoms. The number of benzene rings is 2. The maximum absolute atomic E-state index is 13.5. The Kier molecular flexibility index (Phi) is 6.88. The Morgan fingerprint density at radius 2 is 1.97 bits per heavy atom. The average molecular weight is 488 g/mol. The van der Waals surface area contributed by atoms with Crippen LogP contribution in [0.5, 0.6) is 5.75 Å². The Balaban J connectivity index is 1.74. The van der Waals surface area contributed by atoms with Gasteiger partial charge in [0.05, 0.1) is 22.7 Å². The second kappa shape index (κ2) is 9.82. The molecule has 8 nitrogen and oxygen atoms in total. The molecule has 1 aromatic heterocycles. The second-order valence-electron chi connectivity index (χ2n) is 7.55. The summed E-state index contributed by atoms with van der Waals surface area (Å²) in [6, 6.07) is 11.7. The number of nitrogens with one attached hydrogen (secondary N) is 2. The summed E-state index contributed by atoms with van der Waals surface area (Å²) >= 11 is 12.4. The lowest BCUT2D eigenvalue weighted by Crippen LogP contribution is -2.31. The van der Waals surface area contributed by atoms with Gasteiger partial charge in [-0.15, -0.1) is 0 Å². The van der Waals surface area contributed by atoms with Crippen molar-refractivity contribution in [1.82, 2.24) is 14.8 Å². The molecular formula is C23H23Cl2N5O3. The number of hydrogen-bond acceptors (Lipinski definition) is 6. The van der Waals surface area contributed by atoms with Crippen molar-refractivity contribution in [2.75, 3.05) is 24.4 Å². The number of carbonyl (C=O) groups excluding carboxylic acids is 1. The fourth-order valence-corrected chi connectivity index (χ4v) is 4.00. The van der Waals surface area contributed by atoms with Crippen LogP contribution >= 0.6 is 23.2 Å². The summed E-state index contributed by atoms with van der Waals surface area (Å²) < 4.78 is 6.85. The quantitative estimate of drug-likeness (QED) is 0.455. The minimum absolute atomic E-state index is 0.0420. The largest absolute Gasteiger partial charge is 0.497 e. The first-order chi connectivity index (χ1) is 15.9. The molecule has 1 aliphatic rings. The highest BCUT2D eigenvalue weighted by atomic mass is 35.5. The van der Waals surface area contributed by atoms with E-state index in [9.17, 15) is 9.90 Å². The van der Waals surface area contributed by atoms with Gasteiger partial charge in [0.2, 0.25) is 5.95 Å². The number of allylic oxidation sites excluding steroid dienone is 1. The smallest absolute Gasteiger partial charge is 0.255 e. The number of halogens is 2. The minimum Gasteiger partial charge on any atom is -0.497 e. The van der Waals surface area contributed by atoms with Crippen LogP contribution in [0.25, 0.3) is 0 Å². The van der Waals surface area contributed by atoms with Gasteiger partial charge in [-0.05, 0) is 55.3 Å². The van der Waals surface area contributed by atoms with Gasteiger partial charge in [0.15, 0.2) is 5.82 Å². The summed E-state index contributed by atoms with van der Waals surface area (Å²) in [5.41, 5.74) is 2.48. The SMILES string of the molecule is COc1ccc(NC(=O)C2=C(C)Nc3nc(CCCO)nn3C2c2ccc(Cl)c(Cl)c2)cc1. The van der Waals surface area contributed by atoms with E-state index in [1.54, 1.807) is 48.2 Å². The van der Waals surface area contributed by atoms with E-state index in [4.69, 9.17) is 27.9 Å². The van der Waals surface area contributed by atoms with Crippen molar-refractivity contribution in [3.05, 3.63) is 75.2 Å². The first-order valence-corrected chi connectivity index (χ1v) is 11.1. The Bertz CT molecular complexity index is 1210. The summed E-state index contributed by atoms with van der Waals surface area (Å²) in [5, 5.41) is 20.7. The van der Waals surface area contributed by atoms with E-state index in [1.165, 1.54) is 0 Å². The van der Waals surface area contributed by atoms with Crippen LogP contribution in [0.15, 0.2) is 53.7 Å². The van der Waals surface area contributed by atoms with Gasteiger partial charge in [0.25, 0.3) is 5.91 Å². The molecule has 0 saturated heterocycles. The van der Waals surface area contributed by atoms with E-state index >= 15 is 0 Å². The lowest BCUT2D eigenvalue weighted by atomic mass is 9.95. The topological polar surface area (TPSA) is 101 Å². The monoisotopic (exact) mass is 487 g/mol. The number of aliphatic hydroxyl groups excluding tert-OH is 1. The molecule has 0 saturated carbocycles. The average Bonchev–Trinajstić information content (AvgIpc) is 3.21. The minimum atomic E-state index is -0.579. The first kappa shape index (κ1) is 23.1. The van der Waals surface area contributed by atoms with E-state index in [0.29, 0.717) is 57.4 Å². The molecule has 0 fully saturated rings. The van der Waals surface area contributed by atoms with E-state index < -0.39 is 6.04 Å². The fraction of sp³-hybridized carbons (Fsp3) is 0.261. The van der Waals surface area contributed by atoms with Crippen molar-refractivity contribution in [3.8, 4) is 5.75 Å². The summed E-state index contributed by atoms with van der Waals surface area (Å²) in [7, 11) is 1.59. The molecule has 0 bridgehead atoms. The molecule has 3 N–H and O–H groups in total. The number of ether oxygens (including phenoxy) is 1. The number of rotatable bonds is 7. The lowest BCUT2D eigenvalue weighted by molar-refractivity contribution is -0.113. The number of carbonyl (C=O) groups is 1. The van der Waals surface area contributed by atoms with Gasteiger partial charge in [0.1, 0.15) is 11.8 Å². The Morgan fingerprint density at radius 3 is 2.64 bits per heavy atom. The molecule has 2 aromatic carbocycles. The predicted molar refractivity (Wildman–Crippen MR) is 128 cm³/mol. The van der Waals surface area contributed by atoms with Crippen molar-refractivity contribution in [3.63, 3.8) is 0 Å². The molecule has 10 heteroatoms. The molecule has 1 aliphatic heterocycles. The number of aryl methyl sites for hydroxylation is 1. The van der Waals surface area contributed by atoms with Gasteiger partial charge < -0.3 is 20.5 Å². The van der Waals surface area contributed by atoms with Crippen molar-refractivity contribution >= 4 is 40.7 Å². The number of hydrogen-bond donors (Lipinski definition) is 3. The second-order valence-corrected chi connectivity index (χ2v) is 8.36. The highest BCUT2D eigenvalue weighted by Gasteiger charge is 2.34. The molecule has 1 unspecified atom stereocenters. The third-order valence-corrected chi connectivity index (χ3v) is 6.05. The molecule has 3 aromatic rings. The summed E-state index contributed by atoms with van der Waals surface area (Å²) in [6.07, 6.45) is 1.05. The van der Waals surface area contributed by atoms with Crippen LogP contribution in [-0.4, -0.2) is 39.5 Å². The van der Waals surface area contributed by atoms with Gasteiger partial charge >= 0.3 is 0 Å². The Morgan fingerprint density at radius 1 is 1.21 bits per heavy atom. The molecule has 0 spiro atoms. The van der Waals surface area contributed by atoms with E-state index in [-0.39, 0.29) is 12.5 Å². The molecule has 1 amide bonds. The van der Waals surface area contributed by atoms with Gasteiger partial charge in [-0.2, -0.15) is 10.1 Å². The molecular weight excluding hydrogens is 465 g/mol. The van der Waals surface area contributed by atoms with Crippen LogP contribution in [0.3, 0.4) is 0 Å². The Labute approximate surface area is 201 Å². The first-order valence-electron chi connectivity index (χ1n) is 10.4. The van der Waals surface area contributed by atoms with Gasteiger partial charge in [0, 0.05) is 24.4 Å². The molecule has 0 aliphatic carbocycles. The van der Waals surface area contributed by atoms with Crippen molar-refractivity contribution in [2.45, 2.75) is 25.8 Å². The molecule has 172 valence electrons. The normalized spacial score (nSPS) is 15.1. The van der Waals surface area contributed by atoms with Crippen molar-refractivity contribution in [2.24, 2.45) is 0 Å². The molecule has 4 rings (SSSR count). The highest BCUT2D eigenvalue weighted by Crippen LogP contribution is 2.37. The zero-order valence-corrected chi connectivity index (χ0v) is 19.6. The number of aromatic nitrogens is 3. The molecule has 0 radical (unpaired) electrons. The number of nitrogens with zero attached hydrogens (tertiary/aromatic N) is 3. The van der Waals surface area contributed by atoms with Crippen molar-refractivity contribution < 1.29 is 14.6 Å². The van der Waals surface area contributed by atoms with E-state index in [1.807, 2.05) is 13.0 Å². The highest BCUT2D eigenvalue weighted by molar-refractivity contribution is 6.42.